The number of allylic oxidation sites excluding steroid dienone is 4. The van der Waals surface area contributed by atoms with Gasteiger partial charge in [-0.1, -0.05) is 13.0 Å². The molecule has 17 heavy (non-hydrogen) atoms. The topological polar surface area (TPSA) is 149 Å². The van der Waals surface area contributed by atoms with Crippen LogP contribution in [0.3, 0.4) is 0 Å². The number of quaternary nitrogens is 1. The Bertz CT molecular complexity index is 481. The van der Waals surface area contributed by atoms with Gasteiger partial charge in [0.25, 0.3) is 5.91 Å². The molecule has 0 saturated carbocycles. The number of nitrogens with two attached hydrogens (primary N) is 1. The summed E-state index contributed by atoms with van der Waals surface area (Å²) in [5.41, 5.74) is 5.12. The van der Waals surface area contributed by atoms with Crippen molar-refractivity contribution in [2.45, 2.75) is 13.3 Å². The van der Waals surface area contributed by atoms with E-state index in [9.17, 15) is 4.79 Å². The van der Waals surface area contributed by atoms with Crippen LogP contribution in [0.1, 0.15) is 13.3 Å². The van der Waals surface area contributed by atoms with Gasteiger partial charge in [-0.15, -0.1) is 0 Å². The van der Waals surface area contributed by atoms with Gasteiger partial charge in [-0.2, -0.15) is 10.5 Å². The van der Waals surface area contributed by atoms with Crippen molar-refractivity contribution in [3.05, 3.63) is 34.3 Å². The van der Waals surface area contributed by atoms with Crippen molar-refractivity contribution in [3.63, 3.8) is 0 Å². The van der Waals surface area contributed by atoms with Crippen LogP contribution in [0, 0.1) is 22.7 Å². The number of primary amides is 1. The van der Waals surface area contributed by atoms with Crippen molar-refractivity contribution in [2.24, 2.45) is 5.73 Å². The van der Waals surface area contributed by atoms with Crippen LogP contribution in [0.2, 0.25) is 0 Å². The fourth-order valence-electron chi connectivity index (χ4n) is 0.905. The van der Waals surface area contributed by atoms with Gasteiger partial charge in [0.2, 0.25) is 0 Å². The normalized spacial score (nSPS) is 10.3. The van der Waals surface area contributed by atoms with Crippen LogP contribution in [-0.2, 0) is 4.79 Å². The monoisotopic (exact) mass is 231 g/mol. The van der Waals surface area contributed by atoms with Gasteiger partial charge in [0.05, 0.1) is 5.57 Å². The quantitative estimate of drug-likeness (QED) is 0.325. The van der Waals surface area contributed by atoms with Crippen molar-refractivity contribution < 1.29 is 4.79 Å². The zero-order valence-corrected chi connectivity index (χ0v) is 9.69. The molecule has 6 heteroatoms. The van der Waals surface area contributed by atoms with Gasteiger partial charge in [0.15, 0.2) is 0 Å². The summed E-state index contributed by atoms with van der Waals surface area (Å²) in [4.78, 5) is 10.7. The molecule has 0 aliphatic heterocycles. The number of nitrogens with zero attached hydrogens (tertiary/aromatic N) is 3. The van der Waals surface area contributed by atoms with Gasteiger partial charge >= 0.3 is 0 Å². The predicted octanol–water partition coefficient (Wildman–Crippen LogP) is 1.32. The van der Waals surface area contributed by atoms with E-state index in [2.05, 4.69) is 0 Å². The van der Waals surface area contributed by atoms with Crippen LogP contribution in [0.25, 0.3) is 5.41 Å². The highest BCUT2D eigenvalue weighted by Gasteiger charge is 2.02. The molecule has 0 heterocycles. The maximum atomic E-state index is 10.7. The van der Waals surface area contributed by atoms with Gasteiger partial charge in [0, 0.05) is 0 Å². The summed E-state index contributed by atoms with van der Waals surface area (Å²) in [6.45, 7) is 1.75. The average Bonchev–Trinajstić information content (AvgIpc) is 2.28. The number of rotatable bonds is 4. The SMILES string of the molecule is CC/C(=C\C=C(/C#N)C(N)=O)C(=C=[N-])C#N.[NH4+]. The summed E-state index contributed by atoms with van der Waals surface area (Å²) < 4.78 is 0. The molecule has 0 aliphatic rings. The van der Waals surface area contributed by atoms with E-state index < -0.39 is 5.91 Å². The lowest BCUT2D eigenvalue weighted by atomic mass is 10.1. The van der Waals surface area contributed by atoms with Gasteiger partial charge in [-0.05, 0) is 18.1 Å². The van der Waals surface area contributed by atoms with Crippen molar-refractivity contribution in [3.8, 4) is 12.1 Å². The second kappa shape index (κ2) is 8.63. The fourth-order valence-corrected chi connectivity index (χ4v) is 0.905. The number of carbonyl (C=O) groups excluding carboxylic acids is 1. The minimum atomic E-state index is -0.843. The Morgan fingerprint density at radius 3 is 2.24 bits per heavy atom. The van der Waals surface area contributed by atoms with Crippen LogP contribution in [0.15, 0.2) is 28.9 Å². The van der Waals surface area contributed by atoms with Crippen LogP contribution in [0.5, 0.6) is 0 Å². The maximum absolute atomic E-state index is 10.7. The Balaban J connectivity index is 0. The summed E-state index contributed by atoms with van der Waals surface area (Å²) in [6.07, 6.45) is 3.03. The molecule has 0 aromatic carbocycles. The minimum Gasteiger partial charge on any atom is -0.762 e. The first-order chi connectivity index (χ1) is 7.60. The lowest BCUT2D eigenvalue weighted by Crippen LogP contribution is -2.12. The molecule has 0 aromatic rings. The number of carbonyl (C=O) groups is 1. The standard InChI is InChI=1S/C11H9N4O.H3N/c1-2-8(10(6-13)7-14)3-4-9(5-12)11(15)16;/h3-4H,2H2,1H3,(H2,15,16);1H3/q-1;/p+1/b8-3+,9-4+;. The van der Waals surface area contributed by atoms with Gasteiger partial charge in [-0.3, -0.25) is 10.7 Å². The lowest BCUT2D eigenvalue weighted by Gasteiger charge is -1.99. The van der Waals surface area contributed by atoms with Crippen molar-refractivity contribution in [2.75, 3.05) is 0 Å². The summed E-state index contributed by atoms with van der Waals surface area (Å²) in [7, 11) is 0. The average molecular weight is 231 g/mol. The van der Waals surface area contributed by atoms with E-state index in [4.69, 9.17) is 21.7 Å². The molecule has 0 rings (SSSR count). The van der Waals surface area contributed by atoms with E-state index in [1.54, 1.807) is 24.9 Å². The molecule has 6 nitrogen and oxygen atoms in total. The molecule has 0 atom stereocenters. The molecule has 0 radical (unpaired) electrons. The Hall–Kier alpha value is -2.66. The van der Waals surface area contributed by atoms with E-state index in [0.717, 1.165) is 0 Å². The highest BCUT2D eigenvalue weighted by Crippen LogP contribution is 2.11. The highest BCUT2D eigenvalue weighted by atomic mass is 16.1. The van der Waals surface area contributed by atoms with Crippen LogP contribution < -0.4 is 11.9 Å². The second-order valence-corrected chi connectivity index (χ2v) is 2.70. The lowest BCUT2D eigenvalue weighted by molar-refractivity contribution is -0.114. The molecule has 0 unspecified atom stereocenters. The largest absolute Gasteiger partial charge is 0.762 e. The van der Waals surface area contributed by atoms with Crippen molar-refractivity contribution in [1.82, 2.24) is 6.15 Å². The van der Waals surface area contributed by atoms with Crippen LogP contribution in [0.4, 0.5) is 0 Å². The molecule has 0 bridgehead atoms. The minimum absolute atomic E-state index is 0. The number of nitriles is 2. The Kier molecular flexibility index (Phi) is 8.51. The maximum Gasteiger partial charge on any atom is 0.259 e. The van der Waals surface area contributed by atoms with Crippen molar-refractivity contribution >= 4 is 11.8 Å². The van der Waals surface area contributed by atoms with Crippen LogP contribution in [-0.4, -0.2) is 11.8 Å². The smallest absolute Gasteiger partial charge is 0.259 e. The first kappa shape index (κ1) is 16.8. The van der Waals surface area contributed by atoms with E-state index in [1.807, 2.05) is 0 Å². The molecule has 0 saturated heterocycles. The molecular formula is C11H13N5O. The highest BCUT2D eigenvalue weighted by molar-refractivity contribution is 5.96. The summed E-state index contributed by atoms with van der Waals surface area (Å²) in [6, 6.07) is 3.36. The number of hydrogen-bond acceptors (Lipinski definition) is 3. The third-order valence-electron chi connectivity index (χ3n) is 1.76. The molecule has 0 fully saturated rings. The zero-order valence-electron chi connectivity index (χ0n) is 9.69. The predicted molar refractivity (Wildman–Crippen MR) is 64.7 cm³/mol. The summed E-state index contributed by atoms with van der Waals surface area (Å²) in [5.74, 6) is 0.890. The number of hydrogen-bond donors (Lipinski definition) is 2. The van der Waals surface area contributed by atoms with Crippen molar-refractivity contribution in [1.29, 1.82) is 10.5 Å². The zero-order chi connectivity index (χ0) is 12.6. The molecule has 0 aromatic heterocycles. The molecule has 0 aliphatic carbocycles. The summed E-state index contributed by atoms with van der Waals surface area (Å²) in [5, 5.41) is 25.8. The Morgan fingerprint density at radius 1 is 1.35 bits per heavy atom. The number of amides is 1. The molecule has 88 valence electrons. The van der Waals surface area contributed by atoms with Crippen LogP contribution >= 0.6 is 0 Å². The van der Waals surface area contributed by atoms with E-state index >= 15 is 0 Å². The fraction of sp³-hybridized carbons (Fsp3) is 0.182. The Labute approximate surface area is 99.4 Å². The van der Waals surface area contributed by atoms with Gasteiger partial charge in [-0.25, -0.2) is 0 Å². The Morgan fingerprint density at radius 2 is 1.94 bits per heavy atom. The second-order valence-electron chi connectivity index (χ2n) is 2.70. The van der Waals surface area contributed by atoms with Gasteiger partial charge < -0.3 is 17.3 Å². The van der Waals surface area contributed by atoms with E-state index in [0.29, 0.717) is 12.0 Å². The third-order valence-corrected chi connectivity index (χ3v) is 1.76. The first-order valence-electron chi connectivity index (χ1n) is 4.38. The molecular weight excluding hydrogens is 218 g/mol. The van der Waals surface area contributed by atoms with E-state index in [1.165, 1.54) is 12.2 Å². The van der Waals surface area contributed by atoms with Gasteiger partial charge in [0.1, 0.15) is 17.7 Å². The first-order valence-corrected chi connectivity index (χ1v) is 4.38. The molecule has 0 spiro atoms. The molecule has 6 N–H and O–H groups in total. The summed E-state index contributed by atoms with van der Waals surface area (Å²) >= 11 is 0. The van der Waals surface area contributed by atoms with E-state index in [-0.39, 0.29) is 17.3 Å². The third kappa shape index (κ3) is 5.10. The molecule has 1 amide bonds.